The minimum absolute atomic E-state index is 0.170. The van der Waals surface area contributed by atoms with Crippen LogP contribution in [0.25, 0.3) is 0 Å². The van der Waals surface area contributed by atoms with Crippen LogP contribution in [0.15, 0.2) is 58.0 Å². The number of nitrogens with one attached hydrogen (secondary N) is 1. The molecule has 0 unspecified atom stereocenters. The summed E-state index contributed by atoms with van der Waals surface area (Å²) in [4.78, 5) is 14.6. The van der Waals surface area contributed by atoms with Crippen LogP contribution in [0.2, 0.25) is 0 Å². The molecule has 0 radical (unpaired) electrons. The summed E-state index contributed by atoms with van der Waals surface area (Å²) in [6.07, 6.45) is 2.21. The summed E-state index contributed by atoms with van der Waals surface area (Å²) in [5.41, 5.74) is 1.56. The lowest BCUT2D eigenvalue weighted by Gasteiger charge is -2.18. The fourth-order valence-corrected chi connectivity index (χ4v) is 4.23. The molecule has 0 atom stereocenters. The summed E-state index contributed by atoms with van der Waals surface area (Å²) in [5.74, 6) is 0.392. The van der Waals surface area contributed by atoms with Crippen LogP contribution >= 0.6 is 0 Å². The maximum absolute atomic E-state index is 12.8. The molecule has 146 valence electrons. The standard InChI is InChI=1S/C19H20N4O4S/c1-14-8-11-27-18(14)19(24)22-9-5-10-23-15(13-22)12-17(20-23)21-28(25,26)16-6-3-2-4-7-16/h2-4,6-8,11-12H,5,9-10,13H2,1H3,(H,20,21). The highest BCUT2D eigenvalue weighted by molar-refractivity contribution is 7.92. The summed E-state index contributed by atoms with van der Waals surface area (Å²) in [6.45, 7) is 3.34. The predicted molar refractivity (Wildman–Crippen MR) is 102 cm³/mol. The molecule has 3 heterocycles. The first-order valence-corrected chi connectivity index (χ1v) is 10.4. The van der Waals surface area contributed by atoms with Gasteiger partial charge in [-0.2, -0.15) is 5.10 Å². The van der Waals surface area contributed by atoms with E-state index in [1.54, 1.807) is 39.9 Å². The molecule has 0 saturated carbocycles. The fraction of sp³-hybridized carbons (Fsp3) is 0.263. The van der Waals surface area contributed by atoms with Crippen LogP contribution in [0, 0.1) is 6.92 Å². The van der Waals surface area contributed by atoms with Gasteiger partial charge in [0.25, 0.3) is 15.9 Å². The van der Waals surface area contributed by atoms with E-state index in [4.69, 9.17) is 4.42 Å². The number of furan rings is 1. The fourth-order valence-electron chi connectivity index (χ4n) is 3.22. The van der Waals surface area contributed by atoms with Crippen LogP contribution in [-0.2, 0) is 23.1 Å². The van der Waals surface area contributed by atoms with Gasteiger partial charge in [0.1, 0.15) is 0 Å². The number of hydrogen-bond acceptors (Lipinski definition) is 5. The Morgan fingerprint density at radius 3 is 2.68 bits per heavy atom. The minimum Gasteiger partial charge on any atom is -0.459 e. The number of sulfonamides is 1. The molecule has 28 heavy (non-hydrogen) atoms. The second-order valence-electron chi connectivity index (χ2n) is 6.68. The molecule has 9 heteroatoms. The van der Waals surface area contributed by atoms with E-state index >= 15 is 0 Å². The van der Waals surface area contributed by atoms with Crippen LogP contribution in [0.1, 0.15) is 28.2 Å². The van der Waals surface area contributed by atoms with Crippen molar-refractivity contribution >= 4 is 21.7 Å². The quantitative estimate of drug-likeness (QED) is 0.726. The van der Waals surface area contributed by atoms with Gasteiger partial charge in [-0.3, -0.25) is 14.2 Å². The Labute approximate surface area is 162 Å². The molecule has 1 aliphatic rings. The van der Waals surface area contributed by atoms with Crippen molar-refractivity contribution in [2.75, 3.05) is 11.3 Å². The summed E-state index contributed by atoms with van der Waals surface area (Å²) in [7, 11) is -3.71. The summed E-state index contributed by atoms with van der Waals surface area (Å²) >= 11 is 0. The molecule has 0 bridgehead atoms. The van der Waals surface area contributed by atoms with Crippen LogP contribution in [0.5, 0.6) is 0 Å². The number of rotatable bonds is 4. The first-order valence-electron chi connectivity index (χ1n) is 8.92. The van der Waals surface area contributed by atoms with Crippen molar-refractivity contribution in [1.82, 2.24) is 14.7 Å². The van der Waals surface area contributed by atoms with Gasteiger partial charge in [0.05, 0.1) is 23.4 Å². The molecule has 1 N–H and O–H groups in total. The van der Waals surface area contributed by atoms with Gasteiger partial charge in [-0.1, -0.05) is 18.2 Å². The molecule has 1 aliphatic heterocycles. The third kappa shape index (κ3) is 3.53. The molecule has 0 saturated heterocycles. The lowest BCUT2D eigenvalue weighted by Crippen LogP contribution is -2.30. The van der Waals surface area contributed by atoms with E-state index in [1.165, 1.54) is 18.4 Å². The first-order chi connectivity index (χ1) is 13.4. The number of carbonyl (C=O) groups is 1. The molecule has 3 aromatic rings. The van der Waals surface area contributed by atoms with Gasteiger partial charge in [-0.15, -0.1) is 0 Å². The van der Waals surface area contributed by atoms with Gasteiger partial charge in [0.2, 0.25) is 0 Å². The summed E-state index contributed by atoms with van der Waals surface area (Å²) in [6, 6.07) is 11.6. The highest BCUT2D eigenvalue weighted by Crippen LogP contribution is 2.21. The number of benzene rings is 1. The highest BCUT2D eigenvalue weighted by atomic mass is 32.2. The molecular weight excluding hydrogens is 380 g/mol. The van der Waals surface area contributed by atoms with E-state index in [0.717, 1.165) is 11.3 Å². The Balaban J connectivity index is 1.55. The van der Waals surface area contributed by atoms with Crippen molar-refractivity contribution in [1.29, 1.82) is 0 Å². The Bertz CT molecular complexity index is 1100. The van der Waals surface area contributed by atoms with Gasteiger partial charge in [0, 0.05) is 24.7 Å². The molecule has 4 rings (SSSR count). The third-order valence-electron chi connectivity index (χ3n) is 4.65. The topological polar surface area (TPSA) is 97.4 Å². The average Bonchev–Trinajstić information content (AvgIpc) is 3.21. The summed E-state index contributed by atoms with van der Waals surface area (Å²) in [5, 5.41) is 4.36. The van der Waals surface area contributed by atoms with Crippen molar-refractivity contribution in [2.24, 2.45) is 0 Å². The van der Waals surface area contributed by atoms with Crippen LogP contribution in [0.4, 0.5) is 5.82 Å². The predicted octanol–water partition coefficient (Wildman–Crippen LogP) is 2.63. The zero-order valence-electron chi connectivity index (χ0n) is 15.3. The Morgan fingerprint density at radius 1 is 1.18 bits per heavy atom. The van der Waals surface area contributed by atoms with Crippen LogP contribution in [0.3, 0.4) is 0 Å². The second-order valence-corrected chi connectivity index (χ2v) is 8.36. The number of aromatic nitrogens is 2. The lowest BCUT2D eigenvalue weighted by molar-refractivity contribution is 0.0712. The molecule has 0 aliphatic carbocycles. The zero-order chi connectivity index (χ0) is 19.7. The number of nitrogens with zero attached hydrogens (tertiary/aromatic N) is 3. The normalized spacial score (nSPS) is 14.4. The minimum atomic E-state index is -3.71. The van der Waals surface area contributed by atoms with Gasteiger partial charge < -0.3 is 9.32 Å². The van der Waals surface area contributed by atoms with Crippen molar-refractivity contribution in [3.8, 4) is 0 Å². The van der Waals surface area contributed by atoms with Crippen molar-refractivity contribution in [3.63, 3.8) is 0 Å². The maximum atomic E-state index is 12.8. The number of fused-ring (bicyclic) bond motifs is 1. The molecule has 1 amide bonds. The zero-order valence-corrected chi connectivity index (χ0v) is 16.1. The third-order valence-corrected chi connectivity index (χ3v) is 6.02. The number of aryl methyl sites for hydroxylation is 2. The van der Waals surface area contributed by atoms with Crippen molar-refractivity contribution in [2.45, 2.75) is 31.3 Å². The molecule has 1 aromatic carbocycles. The van der Waals surface area contributed by atoms with Gasteiger partial charge in [-0.05, 0) is 31.5 Å². The molecule has 0 fully saturated rings. The first kappa shape index (κ1) is 18.3. The number of anilines is 1. The highest BCUT2D eigenvalue weighted by Gasteiger charge is 2.25. The second kappa shape index (κ2) is 7.16. The average molecular weight is 400 g/mol. The van der Waals surface area contributed by atoms with E-state index in [2.05, 4.69) is 9.82 Å². The number of hydrogen-bond donors (Lipinski definition) is 1. The summed E-state index contributed by atoms with van der Waals surface area (Å²) < 4.78 is 34.6. The Hall–Kier alpha value is -3.07. The molecular formula is C19H20N4O4S. The van der Waals surface area contributed by atoms with Gasteiger partial charge in [0.15, 0.2) is 11.6 Å². The SMILES string of the molecule is Cc1ccoc1C(=O)N1CCCn2nc(NS(=O)(=O)c3ccccc3)cc2C1. The smallest absolute Gasteiger partial charge is 0.290 e. The molecule has 2 aromatic heterocycles. The van der Waals surface area contributed by atoms with Gasteiger partial charge in [-0.25, -0.2) is 8.42 Å². The van der Waals surface area contributed by atoms with Crippen LogP contribution in [-0.4, -0.2) is 35.6 Å². The lowest BCUT2D eigenvalue weighted by atomic mass is 10.2. The van der Waals surface area contributed by atoms with Gasteiger partial charge >= 0.3 is 0 Å². The number of amides is 1. The van der Waals surface area contributed by atoms with Crippen molar-refractivity contribution in [3.05, 3.63) is 65.7 Å². The maximum Gasteiger partial charge on any atom is 0.290 e. The van der Waals surface area contributed by atoms with E-state index in [0.29, 0.717) is 31.8 Å². The number of carbonyl (C=O) groups excluding carboxylic acids is 1. The van der Waals surface area contributed by atoms with E-state index in [9.17, 15) is 13.2 Å². The molecule has 8 nitrogen and oxygen atoms in total. The van der Waals surface area contributed by atoms with E-state index in [-0.39, 0.29) is 16.6 Å². The Morgan fingerprint density at radius 2 is 1.96 bits per heavy atom. The van der Waals surface area contributed by atoms with E-state index in [1.807, 2.05) is 6.92 Å². The molecule has 0 spiro atoms. The van der Waals surface area contributed by atoms with E-state index < -0.39 is 10.0 Å². The van der Waals surface area contributed by atoms with Crippen LogP contribution < -0.4 is 4.72 Å². The van der Waals surface area contributed by atoms with Crippen molar-refractivity contribution < 1.29 is 17.6 Å². The largest absolute Gasteiger partial charge is 0.459 e. The Kier molecular flexibility index (Phi) is 4.68. The monoisotopic (exact) mass is 400 g/mol.